The molecular formula is C68H80N2O11S4. The SMILES string of the molecule is CC(=O)CC(N)C(=O)OC(C)(C)C.CC(=O)CC(NC(=O)c1ccc(C(=O)C(CSc2ccc(C)cc2)CSc2ccc(C)cc2)cc1)C(=O)OC(C)(C)C.Cc1ccc(SCC(CSc2ccc(C)cc2)C(=O)c2ccc(C(=O)O)cc2)cc1. The molecule has 0 spiro atoms. The lowest BCUT2D eigenvalue weighted by Gasteiger charge is -2.24. The molecule has 0 saturated carbocycles. The van der Waals surface area contributed by atoms with Gasteiger partial charge in [0.2, 0.25) is 0 Å². The Balaban J connectivity index is 0.000000312. The Morgan fingerprint density at radius 2 is 0.718 bits per heavy atom. The fraction of sp³-hybridized carbons (Fsp3) is 0.353. The summed E-state index contributed by atoms with van der Waals surface area (Å²) in [6.07, 6.45) is -0.134. The highest BCUT2D eigenvalue weighted by Gasteiger charge is 2.29. The maximum absolute atomic E-state index is 13.7. The average molecular weight is 1230 g/mol. The van der Waals surface area contributed by atoms with Crippen molar-refractivity contribution in [2.75, 3.05) is 23.0 Å². The molecule has 2 unspecified atom stereocenters. The van der Waals surface area contributed by atoms with Gasteiger partial charge in [-0.1, -0.05) is 95.1 Å². The van der Waals surface area contributed by atoms with E-state index in [9.17, 15) is 38.4 Å². The maximum atomic E-state index is 13.7. The zero-order valence-electron chi connectivity index (χ0n) is 50.6. The molecule has 6 aromatic rings. The minimum Gasteiger partial charge on any atom is -0.478 e. The van der Waals surface area contributed by atoms with E-state index in [1.54, 1.807) is 125 Å². The number of amides is 1. The Morgan fingerprint density at radius 1 is 0.435 bits per heavy atom. The summed E-state index contributed by atoms with van der Waals surface area (Å²) in [6.45, 7) is 21.4. The monoisotopic (exact) mass is 1230 g/mol. The number of Topliss-reactive ketones (excluding diaryl/α,β-unsaturated/α-hetero) is 4. The summed E-state index contributed by atoms with van der Waals surface area (Å²) in [7, 11) is 0. The number of aryl methyl sites for hydroxylation is 4. The van der Waals surface area contributed by atoms with Crippen LogP contribution in [0.4, 0.5) is 0 Å². The quantitative estimate of drug-likeness (QED) is 0.0276. The molecule has 85 heavy (non-hydrogen) atoms. The molecule has 13 nitrogen and oxygen atoms in total. The Hall–Kier alpha value is -6.76. The number of nitrogens with one attached hydrogen (secondary N) is 1. The number of esters is 2. The first kappa shape index (κ1) is 70.7. The number of hydrogen-bond acceptors (Lipinski definition) is 15. The minimum absolute atomic E-state index is 0.00407. The van der Waals surface area contributed by atoms with E-state index in [4.69, 9.17) is 20.3 Å². The van der Waals surface area contributed by atoms with Gasteiger partial charge in [-0.05, 0) is 156 Å². The standard InChI is InChI=1S/C34H39NO5S2.C25H24O3S2.C9H17NO3/c1-22-7-15-28(16-8-22)41-20-27(21-42-29-17-9-23(2)10-18-29)31(37)25-11-13-26(14-12-25)32(38)35-30(19-24(3)36)33(39)40-34(4,5)6;1-17-3-11-22(12-4-17)29-15-21(16-30-23-13-5-18(2)6-14-23)24(26)19-7-9-20(10-8-19)25(27)28;1-6(11)5-7(10)8(12)13-9(2,3)4/h7-18,27,30H,19-21H2,1-6H3,(H,35,38);3-14,21H,15-16H2,1-2H3,(H,27,28);7H,5,10H2,1-4H3. The lowest BCUT2D eigenvalue weighted by molar-refractivity contribution is -0.158. The van der Waals surface area contributed by atoms with Gasteiger partial charge >= 0.3 is 17.9 Å². The molecule has 6 rings (SSSR count). The van der Waals surface area contributed by atoms with Crippen molar-refractivity contribution in [2.45, 2.75) is 139 Å². The van der Waals surface area contributed by atoms with Gasteiger partial charge in [-0.15, -0.1) is 47.0 Å². The molecule has 0 fully saturated rings. The number of carboxylic acids is 1. The van der Waals surface area contributed by atoms with Gasteiger partial charge in [0.1, 0.15) is 34.9 Å². The van der Waals surface area contributed by atoms with Gasteiger partial charge in [-0.2, -0.15) is 0 Å². The van der Waals surface area contributed by atoms with Crippen molar-refractivity contribution in [2.24, 2.45) is 17.6 Å². The minimum atomic E-state index is -1.10. The van der Waals surface area contributed by atoms with Crippen LogP contribution in [0.5, 0.6) is 0 Å². The Kier molecular flexibility index (Phi) is 28.6. The summed E-state index contributed by atoms with van der Waals surface area (Å²) in [5.74, 6) is -0.879. The van der Waals surface area contributed by atoms with Gasteiger partial charge in [0.05, 0.1) is 5.56 Å². The summed E-state index contributed by atoms with van der Waals surface area (Å²) >= 11 is 6.66. The summed E-state index contributed by atoms with van der Waals surface area (Å²) in [5, 5.41) is 11.7. The number of ether oxygens (including phenoxy) is 2. The van der Waals surface area contributed by atoms with Crippen LogP contribution in [0.2, 0.25) is 0 Å². The normalized spacial score (nSPS) is 11.9. The summed E-state index contributed by atoms with van der Waals surface area (Å²) in [4.78, 5) is 102. The number of nitrogens with two attached hydrogens (primary N) is 1. The summed E-state index contributed by atoms with van der Waals surface area (Å²) < 4.78 is 10.4. The lowest BCUT2D eigenvalue weighted by atomic mass is 9.99. The van der Waals surface area contributed by atoms with Crippen molar-refractivity contribution in [3.63, 3.8) is 0 Å². The smallest absolute Gasteiger partial charge is 0.335 e. The second-order valence-corrected chi connectivity index (χ2v) is 27.0. The first-order valence-corrected chi connectivity index (χ1v) is 31.7. The van der Waals surface area contributed by atoms with E-state index in [0.29, 0.717) is 34.1 Å². The van der Waals surface area contributed by atoms with Crippen molar-refractivity contribution in [3.8, 4) is 0 Å². The van der Waals surface area contributed by atoms with Gasteiger partial charge in [0.15, 0.2) is 11.6 Å². The number of carbonyl (C=O) groups excluding carboxylic acids is 7. The highest BCUT2D eigenvalue weighted by atomic mass is 32.2. The lowest BCUT2D eigenvalue weighted by Crippen LogP contribution is -2.45. The molecule has 17 heteroatoms. The third-order valence-corrected chi connectivity index (χ3v) is 16.9. The number of benzene rings is 6. The Morgan fingerprint density at radius 3 is 1.00 bits per heavy atom. The maximum Gasteiger partial charge on any atom is 0.335 e. The van der Waals surface area contributed by atoms with Gasteiger partial charge in [-0.3, -0.25) is 28.8 Å². The molecule has 1 amide bonds. The topological polar surface area (TPSA) is 213 Å². The van der Waals surface area contributed by atoms with E-state index in [1.165, 1.54) is 48.2 Å². The molecule has 0 heterocycles. The van der Waals surface area contributed by atoms with Crippen LogP contribution in [0.3, 0.4) is 0 Å². The van der Waals surface area contributed by atoms with Crippen molar-refractivity contribution in [1.29, 1.82) is 0 Å². The molecule has 0 aromatic heterocycles. The van der Waals surface area contributed by atoms with Crippen LogP contribution in [-0.2, 0) is 28.7 Å². The van der Waals surface area contributed by atoms with Crippen LogP contribution in [0.25, 0.3) is 0 Å². The van der Waals surface area contributed by atoms with Crippen molar-refractivity contribution in [1.82, 2.24) is 5.32 Å². The van der Waals surface area contributed by atoms with E-state index in [1.807, 2.05) is 13.8 Å². The molecule has 2 atom stereocenters. The number of carboxylic acid groups (broad SMARTS) is 1. The predicted molar refractivity (Wildman–Crippen MR) is 345 cm³/mol. The predicted octanol–water partition coefficient (Wildman–Crippen LogP) is 14.1. The van der Waals surface area contributed by atoms with Crippen LogP contribution < -0.4 is 11.1 Å². The van der Waals surface area contributed by atoms with Gasteiger partial charge in [-0.25, -0.2) is 9.59 Å². The molecular weight excluding hydrogens is 1150 g/mol. The van der Waals surface area contributed by atoms with Crippen LogP contribution in [0, 0.1) is 39.5 Å². The van der Waals surface area contributed by atoms with Crippen molar-refractivity contribution in [3.05, 3.63) is 190 Å². The van der Waals surface area contributed by atoms with Gasteiger partial charge < -0.3 is 25.6 Å². The fourth-order valence-electron chi connectivity index (χ4n) is 7.62. The highest BCUT2D eigenvalue weighted by molar-refractivity contribution is 8.00. The number of aromatic carboxylic acids is 1. The van der Waals surface area contributed by atoms with Crippen molar-refractivity contribution < 1.29 is 52.9 Å². The first-order valence-electron chi connectivity index (χ1n) is 27.8. The van der Waals surface area contributed by atoms with E-state index in [-0.39, 0.29) is 58.9 Å². The van der Waals surface area contributed by atoms with Crippen LogP contribution >= 0.6 is 47.0 Å². The molecule has 0 radical (unpaired) electrons. The van der Waals surface area contributed by atoms with Crippen LogP contribution in [-0.4, -0.2) is 98.4 Å². The van der Waals surface area contributed by atoms with Gasteiger partial charge in [0.25, 0.3) is 5.91 Å². The molecule has 0 aliphatic heterocycles. The van der Waals surface area contributed by atoms with Crippen LogP contribution in [0.1, 0.15) is 132 Å². The first-order chi connectivity index (χ1) is 39.9. The number of carbonyl (C=O) groups is 8. The molecule has 4 N–H and O–H groups in total. The third-order valence-electron chi connectivity index (χ3n) is 12.2. The summed E-state index contributed by atoms with van der Waals surface area (Å²) in [6, 6.07) is 43.9. The second kappa shape index (κ2) is 34.4. The van der Waals surface area contributed by atoms with E-state index < -0.39 is 47.1 Å². The number of hydrogen-bond donors (Lipinski definition) is 3. The zero-order valence-corrected chi connectivity index (χ0v) is 53.9. The van der Waals surface area contributed by atoms with Crippen molar-refractivity contribution >= 4 is 94.0 Å². The largest absolute Gasteiger partial charge is 0.478 e. The average Bonchev–Trinajstić information content (AvgIpc) is 3.46. The molecule has 0 saturated heterocycles. The Labute approximate surface area is 518 Å². The highest BCUT2D eigenvalue weighted by Crippen LogP contribution is 2.31. The number of thioether (sulfide) groups is 4. The summed E-state index contributed by atoms with van der Waals surface area (Å²) in [5.41, 5.74) is 10.4. The number of ketones is 4. The Bertz CT molecular complexity index is 3070. The molecule has 6 aromatic carbocycles. The van der Waals surface area contributed by atoms with E-state index >= 15 is 0 Å². The van der Waals surface area contributed by atoms with E-state index in [2.05, 4.69) is 116 Å². The number of rotatable bonds is 25. The second-order valence-electron chi connectivity index (χ2n) is 22.6. The molecule has 0 aliphatic rings. The third kappa shape index (κ3) is 27.0. The molecule has 0 aliphatic carbocycles. The van der Waals surface area contributed by atoms with Crippen LogP contribution in [0.15, 0.2) is 165 Å². The van der Waals surface area contributed by atoms with E-state index in [0.717, 1.165) is 19.6 Å². The van der Waals surface area contributed by atoms with Gasteiger partial charge in [0, 0.05) is 84.0 Å². The zero-order chi connectivity index (χ0) is 63.0. The fourth-order valence-corrected chi connectivity index (χ4v) is 11.9. The molecule has 452 valence electrons. The molecule has 0 bridgehead atoms.